The predicted octanol–water partition coefficient (Wildman–Crippen LogP) is 2.27. The molecule has 3 aliphatic heterocycles. The highest BCUT2D eigenvalue weighted by Gasteiger charge is 2.45. The highest BCUT2D eigenvalue weighted by atomic mass is 16.3. The molecule has 4 aliphatic rings. The van der Waals surface area contributed by atoms with Gasteiger partial charge in [0.25, 0.3) is 5.91 Å². The molecule has 0 radical (unpaired) electrons. The van der Waals surface area contributed by atoms with Gasteiger partial charge >= 0.3 is 0 Å². The van der Waals surface area contributed by atoms with Gasteiger partial charge < -0.3 is 14.2 Å². The van der Waals surface area contributed by atoms with E-state index in [1.54, 1.807) is 0 Å². The Morgan fingerprint density at radius 3 is 2.85 bits per heavy atom. The fourth-order valence-corrected chi connectivity index (χ4v) is 5.53. The number of nitrogens with zero attached hydrogens (tertiary/aromatic N) is 2. The fourth-order valence-electron chi connectivity index (χ4n) is 5.53. The second-order valence-electron chi connectivity index (χ2n) is 8.30. The number of rotatable bonds is 1. The largest absolute Gasteiger partial charge is 0.468 e. The van der Waals surface area contributed by atoms with Gasteiger partial charge in [-0.3, -0.25) is 14.4 Å². The molecule has 2 bridgehead atoms. The summed E-state index contributed by atoms with van der Waals surface area (Å²) in [5, 5.41) is 0. The minimum atomic E-state index is -0.0736. The Balaban J connectivity index is 1.39. The van der Waals surface area contributed by atoms with E-state index in [1.165, 1.54) is 6.26 Å². The summed E-state index contributed by atoms with van der Waals surface area (Å²) in [5.41, 5.74) is 0.965. The lowest BCUT2D eigenvalue weighted by Gasteiger charge is -2.52. The monoisotopic (exact) mass is 356 g/mol. The van der Waals surface area contributed by atoms with Crippen molar-refractivity contribution < 1.29 is 18.8 Å². The van der Waals surface area contributed by atoms with E-state index in [-0.39, 0.29) is 23.6 Å². The van der Waals surface area contributed by atoms with Gasteiger partial charge in [0.15, 0.2) is 5.78 Å². The van der Waals surface area contributed by atoms with Crippen LogP contribution < -0.4 is 0 Å². The third-order valence-electron chi connectivity index (χ3n) is 6.65. The molecule has 3 saturated heterocycles. The van der Waals surface area contributed by atoms with Crippen LogP contribution in [0.3, 0.4) is 0 Å². The molecule has 3 atom stereocenters. The van der Waals surface area contributed by atoms with Crippen LogP contribution in [0.1, 0.15) is 65.0 Å². The molecule has 6 heteroatoms. The van der Waals surface area contributed by atoms with E-state index < -0.39 is 0 Å². The smallest absolute Gasteiger partial charge is 0.257 e. The van der Waals surface area contributed by atoms with E-state index in [0.717, 1.165) is 38.6 Å². The number of likely N-dealkylation sites (tertiary alicyclic amines) is 1. The third-order valence-corrected chi connectivity index (χ3v) is 6.65. The maximum atomic E-state index is 13.2. The SMILES string of the molecule is O=C1CCCc2occ(C(=O)N3C[C@@H]4C[C@H](C3)[C@@H]3CCCC(=O)N3C4)c21. The van der Waals surface area contributed by atoms with Gasteiger partial charge in [0.1, 0.15) is 12.0 Å². The summed E-state index contributed by atoms with van der Waals surface area (Å²) in [5.74, 6) is 1.61. The minimum Gasteiger partial charge on any atom is -0.468 e. The van der Waals surface area contributed by atoms with Crippen LogP contribution in [-0.4, -0.2) is 53.1 Å². The Labute approximate surface area is 152 Å². The lowest BCUT2D eigenvalue weighted by Crippen LogP contribution is -2.61. The molecule has 4 heterocycles. The van der Waals surface area contributed by atoms with Crippen LogP contribution in [0.2, 0.25) is 0 Å². The van der Waals surface area contributed by atoms with Gasteiger partial charge in [0.05, 0.1) is 11.1 Å². The number of Topliss-reactive ketones (excluding diaryl/α,β-unsaturated/α-hetero) is 1. The first-order chi connectivity index (χ1) is 12.6. The summed E-state index contributed by atoms with van der Waals surface area (Å²) in [4.78, 5) is 41.7. The standard InChI is InChI=1S/C20H24N2O4/c23-16-4-2-5-17-19(16)14(11-26-17)20(25)21-8-12-7-13(10-21)15-3-1-6-18(24)22(15)9-12/h11-13,15H,1-10H2/t12-,13+,15-/m0/s1. The van der Waals surface area contributed by atoms with E-state index in [2.05, 4.69) is 4.90 Å². The molecule has 0 spiro atoms. The van der Waals surface area contributed by atoms with Crippen molar-refractivity contribution in [3.05, 3.63) is 23.2 Å². The van der Waals surface area contributed by atoms with Gasteiger partial charge in [-0.05, 0) is 37.5 Å². The molecule has 26 heavy (non-hydrogen) atoms. The van der Waals surface area contributed by atoms with Crippen LogP contribution in [0.25, 0.3) is 0 Å². The van der Waals surface area contributed by atoms with Gasteiger partial charge in [-0.25, -0.2) is 0 Å². The molecule has 6 nitrogen and oxygen atoms in total. The topological polar surface area (TPSA) is 70.8 Å². The molecule has 1 aliphatic carbocycles. The number of furan rings is 1. The molecule has 2 amide bonds. The molecule has 138 valence electrons. The third kappa shape index (κ3) is 2.42. The number of carbonyl (C=O) groups excluding carboxylic acids is 3. The molecule has 0 saturated carbocycles. The van der Waals surface area contributed by atoms with Crippen molar-refractivity contribution in [2.24, 2.45) is 11.8 Å². The number of hydrogen-bond acceptors (Lipinski definition) is 4. The molecular weight excluding hydrogens is 332 g/mol. The second-order valence-corrected chi connectivity index (χ2v) is 8.30. The van der Waals surface area contributed by atoms with Crippen LogP contribution in [0, 0.1) is 11.8 Å². The van der Waals surface area contributed by atoms with E-state index in [9.17, 15) is 14.4 Å². The lowest BCUT2D eigenvalue weighted by molar-refractivity contribution is -0.144. The Kier molecular flexibility index (Phi) is 3.69. The van der Waals surface area contributed by atoms with E-state index in [1.807, 2.05) is 4.90 Å². The Hall–Kier alpha value is -2.11. The summed E-state index contributed by atoms with van der Waals surface area (Å²) in [6.45, 7) is 2.12. The van der Waals surface area contributed by atoms with Gasteiger partial charge in [-0.15, -0.1) is 0 Å². The summed E-state index contributed by atoms with van der Waals surface area (Å²) < 4.78 is 5.54. The zero-order chi connectivity index (χ0) is 17.8. The first-order valence-electron chi connectivity index (χ1n) is 9.84. The van der Waals surface area contributed by atoms with Crippen LogP contribution in [0.4, 0.5) is 0 Å². The zero-order valence-corrected chi connectivity index (χ0v) is 14.9. The van der Waals surface area contributed by atoms with Crippen molar-refractivity contribution in [2.75, 3.05) is 19.6 Å². The number of piperidine rings is 3. The molecular formula is C20H24N2O4. The number of fused-ring (bicyclic) bond motifs is 5. The van der Waals surface area contributed by atoms with Crippen molar-refractivity contribution in [3.8, 4) is 0 Å². The van der Waals surface area contributed by atoms with Gasteiger partial charge in [0, 0.05) is 44.9 Å². The Bertz CT molecular complexity index is 783. The van der Waals surface area contributed by atoms with E-state index in [0.29, 0.717) is 54.7 Å². The van der Waals surface area contributed by atoms with Crippen molar-refractivity contribution in [1.29, 1.82) is 0 Å². The Morgan fingerprint density at radius 2 is 1.96 bits per heavy atom. The van der Waals surface area contributed by atoms with Crippen molar-refractivity contribution >= 4 is 17.6 Å². The molecule has 0 N–H and O–H groups in total. The number of amides is 2. The molecule has 0 aromatic carbocycles. The van der Waals surface area contributed by atoms with Crippen LogP contribution >= 0.6 is 0 Å². The predicted molar refractivity (Wildman–Crippen MR) is 92.8 cm³/mol. The van der Waals surface area contributed by atoms with Crippen LogP contribution in [-0.2, 0) is 11.2 Å². The summed E-state index contributed by atoms with van der Waals surface area (Å²) in [6, 6.07) is 0.281. The van der Waals surface area contributed by atoms with Crippen molar-refractivity contribution in [3.63, 3.8) is 0 Å². The normalized spacial score (nSPS) is 30.8. The first-order valence-corrected chi connectivity index (χ1v) is 9.84. The average Bonchev–Trinajstić information content (AvgIpc) is 3.07. The fraction of sp³-hybridized carbons (Fsp3) is 0.650. The van der Waals surface area contributed by atoms with E-state index >= 15 is 0 Å². The highest BCUT2D eigenvalue weighted by Crippen LogP contribution is 2.38. The molecule has 0 unspecified atom stereocenters. The summed E-state index contributed by atoms with van der Waals surface area (Å²) in [7, 11) is 0. The van der Waals surface area contributed by atoms with Crippen molar-refractivity contribution in [1.82, 2.24) is 9.80 Å². The highest BCUT2D eigenvalue weighted by molar-refractivity contribution is 6.09. The van der Waals surface area contributed by atoms with Crippen LogP contribution in [0.15, 0.2) is 10.7 Å². The maximum Gasteiger partial charge on any atom is 0.257 e. The molecule has 3 fully saturated rings. The quantitative estimate of drug-likeness (QED) is 0.774. The first kappa shape index (κ1) is 16.1. The van der Waals surface area contributed by atoms with Crippen molar-refractivity contribution in [2.45, 2.75) is 51.0 Å². The zero-order valence-electron chi connectivity index (χ0n) is 14.9. The minimum absolute atomic E-state index is 0.0320. The molecule has 5 rings (SSSR count). The van der Waals surface area contributed by atoms with E-state index in [4.69, 9.17) is 4.42 Å². The van der Waals surface area contributed by atoms with Gasteiger partial charge in [-0.2, -0.15) is 0 Å². The molecule has 1 aromatic heterocycles. The van der Waals surface area contributed by atoms with Gasteiger partial charge in [0.2, 0.25) is 5.91 Å². The lowest BCUT2D eigenvalue weighted by atomic mass is 9.76. The Morgan fingerprint density at radius 1 is 1.08 bits per heavy atom. The number of aryl methyl sites for hydroxylation is 1. The van der Waals surface area contributed by atoms with Crippen LogP contribution in [0.5, 0.6) is 0 Å². The summed E-state index contributed by atoms with van der Waals surface area (Å²) in [6.07, 6.45) is 7.28. The number of hydrogen-bond donors (Lipinski definition) is 0. The second kappa shape index (κ2) is 5.96. The average molecular weight is 356 g/mol. The van der Waals surface area contributed by atoms with Gasteiger partial charge in [-0.1, -0.05) is 0 Å². The molecule has 1 aromatic rings. The summed E-state index contributed by atoms with van der Waals surface area (Å²) >= 11 is 0. The maximum absolute atomic E-state index is 13.2. The number of ketones is 1. The number of carbonyl (C=O) groups is 3.